The Morgan fingerprint density at radius 3 is 2.64 bits per heavy atom. The summed E-state index contributed by atoms with van der Waals surface area (Å²) in [5.74, 6) is 0.686. The highest BCUT2D eigenvalue weighted by molar-refractivity contribution is 5.99. The van der Waals surface area contributed by atoms with Crippen LogP contribution in [0.2, 0.25) is 0 Å². The van der Waals surface area contributed by atoms with Gasteiger partial charge >= 0.3 is 0 Å². The maximum atomic E-state index is 12.9. The maximum Gasteiger partial charge on any atom is 0.275 e. The van der Waals surface area contributed by atoms with Gasteiger partial charge in [-0.2, -0.15) is 5.10 Å². The van der Waals surface area contributed by atoms with Crippen LogP contribution in [0.4, 0.5) is 0 Å². The second-order valence-corrected chi connectivity index (χ2v) is 6.33. The molecule has 5 heteroatoms. The van der Waals surface area contributed by atoms with Gasteiger partial charge in [-0.15, -0.1) is 0 Å². The van der Waals surface area contributed by atoms with Gasteiger partial charge < -0.3 is 9.32 Å². The van der Waals surface area contributed by atoms with Crippen LogP contribution in [0.1, 0.15) is 53.5 Å². The molecule has 1 aliphatic heterocycles. The number of benzene rings is 1. The SMILES string of the molecule is CCCN1C(=O)c2n[nH]c(-c3ccco3)c2C1c1ccc(CC)cc1. The van der Waals surface area contributed by atoms with Crippen molar-refractivity contribution in [2.45, 2.75) is 32.7 Å². The molecule has 25 heavy (non-hydrogen) atoms. The Kier molecular flexibility index (Phi) is 3.92. The number of fused-ring (bicyclic) bond motifs is 1. The molecule has 0 saturated heterocycles. The van der Waals surface area contributed by atoms with E-state index in [2.05, 4.69) is 48.3 Å². The van der Waals surface area contributed by atoms with E-state index in [-0.39, 0.29) is 11.9 Å². The normalized spacial score (nSPS) is 16.5. The number of amides is 1. The molecule has 1 unspecified atom stereocenters. The third-order valence-electron chi connectivity index (χ3n) is 4.79. The number of hydrogen-bond donors (Lipinski definition) is 1. The number of aryl methyl sites for hydroxylation is 1. The van der Waals surface area contributed by atoms with E-state index in [1.807, 2.05) is 17.0 Å². The molecule has 0 saturated carbocycles. The van der Waals surface area contributed by atoms with Gasteiger partial charge in [0, 0.05) is 12.1 Å². The van der Waals surface area contributed by atoms with Crippen LogP contribution < -0.4 is 0 Å². The summed E-state index contributed by atoms with van der Waals surface area (Å²) < 4.78 is 5.55. The zero-order chi connectivity index (χ0) is 17.4. The van der Waals surface area contributed by atoms with Crippen molar-refractivity contribution in [3.63, 3.8) is 0 Å². The molecular formula is C20H21N3O2. The number of nitrogens with zero attached hydrogens (tertiary/aromatic N) is 2. The number of H-pyrrole nitrogens is 1. The van der Waals surface area contributed by atoms with Crippen LogP contribution in [-0.2, 0) is 6.42 Å². The molecule has 2 aromatic heterocycles. The largest absolute Gasteiger partial charge is 0.463 e. The Labute approximate surface area is 146 Å². The van der Waals surface area contributed by atoms with Crippen molar-refractivity contribution in [2.24, 2.45) is 0 Å². The number of furan rings is 1. The van der Waals surface area contributed by atoms with Crippen LogP contribution in [0.3, 0.4) is 0 Å². The summed E-state index contributed by atoms with van der Waals surface area (Å²) in [7, 11) is 0. The molecule has 0 spiro atoms. The van der Waals surface area contributed by atoms with Gasteiger partial charge in [0.1, 0.15) is 5.69 Å². The predicted octanol–water partition coefficient (Wildman–Crippen LogP) is 4.19. The summed E-state index contributed by atoms with van der Waals surface area (Å²) in [5, 5.41) is 7.30. The fraction of sp³-hybridized carbons (Fsp3) is 0.300. The Hall–Kier alpha value is -2.82. The van der Waals surface area contributed by atoms with E-state index in [1.165, 1.54) is 5.56 Å². The second kappa shape index (κ2) is 6.24. The first-order valence-electron chi connectivity index (χ1n) is 8.76. The third kappa shape index (κ3) is 2.47. The minimum absolute atomic E-state index is 0.0181. The van der Waals surface area contributed by atoms with Crippen molar-refractivity contribution in [1.29, 1.82) is 0 Å². The molecular weight excluding hydrogens is 314 g/mol. The summed E-state index contributed by atoms with van der Waals surface area (Å²) in [5.41, 5.74) is 4.60. The summed E-state index contributed by atoms with van der Waals surface area (Å²) in [4.78, 5) is 14.8. The van der Waals surface area contributed by atoms with Gasteiger partial charge in [0.25, 0.3) is 5.91 Å². The maximum absolute atomic E-state index is 12.9. The first-order valence-corrected chi connectivity index (χ1v) is 8.76. The van der Waals surface area contributed by atoms with Crippen LogP contribution in [0, 0.1) is 0 Å². The summed E-state index contributed by atoms with van der Waals surface area (Å²) in [6.45, 7) is 4.92. The Bertz CT molecular complexity index is 878. The van der Waals surface area contributed by atoms with Gasteiger partial charge in [-0.25, -0.2) is 0 Å². The molecule has 0 aliphatic carbocycles. The average Bonchev–Trinajstić information content (AvgIpc) is 3.35. The number of nitrogens with one attached hydrogen (secondary N) is 1. The number of rotatable bonds is 5. The summed E-state index contributed by atoms with van der Waals surface area (Å²) in [6.07, 6.45) is 3.53. The highest BCUT2D eigenvalue weighted by Gasteiger charge is 2.42. The van der Waals surface area contributed by atoms with Gasteiger partial charge in [0.15, 0.2) is 11.5 Å². The molecule has 0 radical (unpaired) electrons. The molecule has 0 fully saturated rings. The minimum atomic E-state index is -0.132. The van der Waals surface area contributed by atoms with E-state index in [0.717, 1.165) is 29.7 Å². The standard InChI is InChI=1S/C20H21N3O2/c1-3-11-23-19(14-9-7-13(4-2)8-10-14)16-17(15-6-5-12-25-15)21-22-18(16)20(23)24/h5-10,12,19H,3-4,11H2,1-2H3,(H,21,22). The first-order chi connectivity index (χ1) is 12.2. The molecule has 1 amide bonds. The lowest BCUT2D eigenvalue weighted by atomic mass is 9.96. The molecule has 4 rings (SSSR count). The molecule has 128 valence electrons. The van der Waals surface area contributed by atoms with Gasteiger partial charge in [-0.05, 0) is 36.1 Å². The van der Waals surface area contributed by atoms with E-state index in [9.17, 15) is 4.79 Å². The zero-order valence-electron chi connectivity index (χ0n) is 14.5. The van der Waals surface area contributed by atoms with E-state index in [0.29, 0.717) is 18.0 Å². The molecule has 1 atom stereocenters. The van der Waals surface area contributed by atoms with E-state index >= 15 is 0 Å². The zero-order valence-corrected chi connectivity index (χ0v) is 14.5. The molecule has 1 aliphatic rings. The van der Waals surface area contributed by atoms with Gasteiger partial charge in [-0.3, -0.25) is 9.89 Å². The van der Waals surface area contributed by atoms with Crippen LogP contribution >= 0.6 is 0 Å². The first kappa shape index (κ1) is 15.7. The summed E-state index contributed by atoms with van der Waals surface area (Å²) >= 11 is 0. The topological polar surface area (TPSA) is 62.1 Å². The van der Waals surface area contributed by atoms with Crippen molar-refractivity contribution in [1.82, 2.24) is 15.1 Å². The van der Waals surface area contributed by atoms with Gasteiger partial charge in [-0.1, -0.05) is 38.1 Å². The lowest BCUT2D eigenvalue weighted by molar-refractivity contribution is 0.0744. The average molecular weight is 335 g/mol. The fourth-order valence-corrected chi connectivity index (χ4v) is 3.55. The van der Waals surface area contributed by atoms with Crippen LogP contribution in [0.5, 0.6) is 0 Å². The van der Waals surface area contributed by atoms with Gasteiger partial charge in [0.2, 0.25) is 0 Å². The van der Waals surface area contributed by atoms with Crippen LogP contribution in [-0.4, -0.2) is 27.5 Å². The van der Waals surface area contributed by atoms with Gasteiger partial charge in [0.05, 0.1) is 12.3 Å². The van der Waals surface area contributed by atoms with Crippen molar-refractivity contribution < 1.29 is 9.21 Å². The molecule has 1 aromatic carbocycles. The monoisotopic (exact) mass is 335 g/mol. The van der Waals surface area contributed by atoms with E-state index < -0.39 is 0 Å². The van der Waals surface area contributed by atoms with E-state index in [4.69, 9.17) is 4.42 Å². The van der Waals surface area contributed by atoms with Crippen LogP contribution in [0.15, 0.2) is 47.1 Å². The van der Waals surface area contributed by atoms with Crippen molar-refractivity contribution in [3.05, 3.63) is 65.0 Å². The van der Waals surface area contributed by atoms with Crippen molar-refractivity contribution >= 4 is 5.91 Å². The lowest BCUT2D eigenvalue weighted by Gasteiger charge is -2.26. The third-order valence-corrected chi connectivity index (χ3v) is 4.79. The Morgan fingerprint density at radius 1 is 1.20 bits per heavy atom. The lowest BCUT2D eigenvalue weighted by Crippen LogP contribution is -2.30. The summed E-state index contributed by atoms with van der Waals surface area (Å²) in [6, 6.07) is 12.1. The number of aromatic amines is 1. The predicted molar refractivity (Wildman–Crippen MR) is 95.3 cm³/mol. The fourth-order valence-electron chi connectivity index (χ4n) is 3.55. The highest BCUT2D eigenvalue weighted by Crippen LogP contribution is 2.42. The van der Waals surface area contributed by atoms with Crippen LogP contribution in [0.25, 0.3) is 11.5 Å². The van der Waals surface area contributed by atoms with Crippen molar-refractivity contribution in [3.8, 4) is 11.5 Å². The smallest absolute Gasteiger partial charge is 0.275 e. The molecule has 0 bridgehead atoms. The quantitative estimate of drug-likeness (QED) is 0.760. The molecule has 5 nitrogen and oxygen atoms in total. The van der Waals surface area contributed by atoms with Crippen molar-refractivity contribution in [2.75, 3.05) is 6.54 Å². The molecule has 3 heterocycles. The minimum Gasteiger partial charge on any atom is -0.463 e. The Balaban J connectivity index is 1.85. The number of carbonyl (C=O) groups excluding carboxylic acids is 1. The molecule has 1 N–H and O–H groups in total. The van der Waals surface area contributed by atoms with E-state index in [1.54, 1.807) is 6.26 Å². The Morgan fingerprint density at radius 2 is 2.00 bits per heavy atom. The highest BCUT2D eigenvalue weighted by atomic mass is 16.3. The number of carbonyl (C=O) groups is 1. The number of hydrogen-bond acceptors (Lipinski definition) is 3. The molecule has 3 aromatic rings. The number of aromatic nitrogens is 2. The second-order valence-electron chi connectivity index (χ2n) is 6.33.